The molecule has 0 aliphatic rings. The molecule has 1 rings (SSSR count). The minimum atomic E-state index is -0.184. The maximum atomic E-state index is 5.61. The van der Waals surface area contributed by atoms with E-state index in [1.807, 2.05) is 32.9 Å². The SMILES string of the molecule is CC(C)(C)OC(=S)CCc1ccc(Br)cc1. The predicted octanol–water partition coefficient (Wildman–Crippen LogP) is 4.52. The van der Waals surface area contributed by atoms with Crippen molar-refractivity contribution in [2.24, 2.45) is 0 Å². The molecule has 0 saturated carbocycles. The second kappa shape index (κ2) is 5.78. The Bertz CT molecular complexity index is 351. The average molecular weight is 301 g/mol. The Balaban J connectivity index is 2.40. The molecular formula is C13H17BrOS. The summed E-state index contributed by atoms with van der Waals surface area (Å²) in [7, 11) is 0. The van der Waals surface area contributed by atoms with Gasteiger partial charge in [0.05, 0.1) is 0 Å². The van der Waals surface area contributed by atoms with Gasteiger partial charge in [-0.05, 0) is 57.1 Å². The first-order valence-electron chi connectivity index (χ1n) is 5.33. The summed E-state index contributed by atoms with van der Waals surface area (Å²) < 4.78 is 6.71. The van der Waals surface area contributed by atoms with Gasteiger partial charge < -0.3 is 4.74 Å². The van der Waals surface area contributed by atoms with Crippen LogP contribution in [0.5, 0.6) is 0 Å². The summed E-state index contributed by atoms with van der Waals surface area (Å²) in [5, 5.41) is 0.690. The third-order valence-corrected chi connectivity index (χ3v) is 2.77. The van der Waals surface area contributed by atoms with Crippen molar-refractivity contribution in [1.82, 2.24) is 0 Å². The van der Waals surface area contributed by atoms with Gasteiger partial charge in [-0.25, -0.2) is 0 Å². The lowest BCUT2D eigenvalue weighted by molar-refractivity contribution is 0.117. The molecule has 0 aliphatic carbocycles. The fourth-order valence-corrected chi connectivity index (χ4v) is 1.91. The first kappa shape index (κ1) is 13.7. The Morgan fingerprint density at radius 2 is 1.81 bits per heavy atom. The van der Waals surface area contributed by atoms with Gasteiger partial charge >= 0.3 is 0 Å². The molecule has 0 bridgehead atoms. The molecule has 0 spiro atoms. The van der Waals surface area contributed by atoms with Gasteiger partial charge in [-0.15, -0.1) is 0 Å². The monoisotopic (exact) mass is 300 g/mol. The molecule has 0 heterocycles. The van der Waals surface area contributed by atoms with Gasteiger partial charge in [0.2, 0.25) is 0 Å². The van der Waals surface area contributed by atoms with Crippen molar-refractivity contribution in [3.05, 3.63) is 34.3 Å². The highest BCUT2D eigenvalue weighted by molar-refractivity contribution is 9.10. The van der Waals surface area contributed by atoms with Crippen molar-refractivity contribution < 1.29 is 4.74 Å². The molecule has 0 fully saturated rings. The van der Waals surface area contributed by atoms with E-state index in [1.165, 1.54) is 5.56 Å². The molecule has 0 N–H and O–H groups in total. The number of thiocarbonyl (C=S) groups is 1. The Hall–Kier alpha value is -0.410. The standard InChI is InChI=1S/C13H17BrOS/c1-13(2,3)15-12(16)9-6-10-4-7-11(14)8-5-10/h4-5,7-8H,6,9H2,1-3H3. The van der Waals surface area contributed by atoms with E-state index in [2.05, 4.69) is 28.1 Å². The number of hydrogen-bond acceptors (Lipinski definition) is 2. The number of halogens is 1. The van der Waals surface area contributed by atoms with Crippen LogP contribution in [0.3, 0.4) is 0 Å². The topological polar surface area (TPSA) is 9.23 Å². The average Bonchev–Trinajstić information content (AvgIpc) is 2.14. The zero-order chi connectivity index (χ0) is 12.2. The number of ether oxygens (including phenoxy) is 1. The molecule has 0 saturated heterocycles. The molecule has 3 heteroatoms. The Morgan fingerprint density at radius 3 is 2.31 bits per heavy atom. The van der Waals surface area contributed by atoms with Gasteiger partial charge in [0.1, 0.15) is 5.60 Å². The van der Waals surface area contributed by atoms with Crippen molar-refractivity contribution in [2.45, 2.75) is 39.2 Å². The fraction of sp³-hybridized carbons (Fsp3) is 0.462. The Labute approximate surface area is 111 Å². The first-order chi connectivity index (χ1) is 7.37. The van der Waals surface area contributed by atoms with Crippen molar-refractivity contribution in [3.8, 4) is 0 Å². The fourth-order valence-electron chi connectivity index (χ4n) is 1.29. The molecule has 16 heavy (non-hydrogen) atoms. The van der Waals surface area contributed by atoms with Crippen LogP contribution in [-0.4, -0.2) is 10.7 Å². The normalized spacial score (nSPS) is 11.2. The van der Waals surface area contributed by atoms with Crippen LogP contribution >= 0.6 is 28.1 Å². The number of aryl methyl sites for hydroxylation is 1. The molecule has 0 atom stereocenters. The van der Waals surface area contributed by atoms with Gasteiger partial charge in [0, 0.05) is 10.9 Å². The van der Waals surface area contributed by atoms with Gasteiger partial charge in [-0.2, -0.15) is 0 Å². The summed E-state index contributed by atoms with van der Waals surface area (Å²) >= 11 is 8.61. The summed E-state index contributed by atoms with van der Waals surface area (Å²) in [4.78, 5) is 0. The molecule has 0 radical (unpaired) electrons. The lowest BCUT2D eigenvalue weighted by Crippen LogP contribution is -2.22. The highest BCUT2D eigenvalue weighted by Crippen LogP contribution is 2.14. The van der Waals surface area contributed by atoms with Crippen LogP contribution in [0.4, 0.5) is 0 Å². The Kier molecular flexibility index (Phi) is 4.93. The summed E-state index contributed by atoms with van der Waals surface area (Å²) in [6.45, 7) is 6.04. The van der Waals surface area contributed by atoms with E-state index in [4.69, 9.17) is 17.0 Å². The van der Waals surface area contributed by atoms with Crippen LogP contribution in [-0.2, 0) is 11.2 Å². The van der Waals surface area contributed by atoms with Crippen LogP contribution in [0, 0.1) is 0 Å². The van der Waals surface area contributed by atoms with Gasteiger partial charge in [-0.1, -0.05) is 28.1 Å². The molecule has 88 valence electrons. The van der Waals surface area contributed by atoms with Crippen molar-refractivity contribution in [3.63, 3.8) is 0 Å². The van der Waals surface area contributed by atoms with E-state index >= 15 is 0 Å². The molecule has 0 aromatic heterocycles. The van der Waals surface area contributed by atoms with Crippen molar-refractivity contribution in [1.29, 1.82) is 0 Å². The largest absolute Gasteiger partial charge is 0.482 e. The summed E-state index contributed by atoms with van der Waals surface area (Å²) in [5.41, 5.74) is 1.10. The maximum Gasteiger partial charge on any atom is 0.160 e. The quantitative estimate of drug-likeness (QED) is 0.759. The minimum absolute atomic E-state index is 0.184. The van der Waals surface area contributed by atoms with Crippen LogP contribution in [0.1, 0.15) is 32.8 Å². The van der Waals surface area contributed by atoms with Gasteiger partial charge in [-0.3, -0.25) is 0 Å². The van der Waals surface area contributed by atoms with E-state index in [1.54, 1.807) is 0 Å². The van der Waals surface area contributed by atoms with E-state index < -0.39 is 0 Å². The summed E-state index contributed by atoms with van der Waals surface area (Å²) in [5.74, 6) is 0. The van der Waals surface area contributed by atoms with Gasteiger partial charge in [0.25, 0.3) is 0 Å². The third-order valence-electron chi connectivity index (χ3n) is 1.95. The summed E-state index contributed by atoms with van der Waals surface area (Å²) in [6.07, 6.45) is 1.73. The van der Waals surface area contributed by atoms with E-state index in [-0.39, 0.29) is 5.60 Å². The number of benzene rings is 1. The molecule has 0 amide bonds. The van der Waals surface area contributed by atoms with E-state index in [0.717, 1.165) is 17.3 Å². The van der Waals surface area contributed by atoms with Crippen LogP contribution in [0.15, 0.2) is 28.7 Å². The summed E-state index contributed by atoms with van der Waals surface area (Å²) in [6, 6.07) is 8.29. The zero-order valence-electron chi connectivity index (χ0n) is 9.92. The van der Waals surface area contributed by atoms with Crippen molar-refractivity contribution in [2.75, 3.05) is 0 Å². The second-order valence-electron chi connectivity index (χ2n) is 4.71. The van der Waals surface area contributed by atoms with Gasteiger partial charge in [0.15, 0.2) is 5.05 Å². The first-order valence-corrected chi connectivity index (χ1v) is 6.53. The smallest absolute Gasteiger partial charge is 0.160 e. The molecule has 1 aromatic rings. The lowest BCUT2D eigenvalue weighted by Gasteiger charge is -2.21. The zero-order valence-corrected chi connectivity index (χ0v) is 12.3. The van der Waals surface area contributed by atoms with E-state index in [9.17, 15) is 0 Å². The minimum Gasteiger partial charge on any atom is -0.482 e. The highest BCUT2D eigenvalue weighted by Gasteiger charge is 2.13. The molecule has 0 unspecified atom stereocenters. The molecule has 1 nitrogen and oxygen atoms in total. The maximum absolute atomic E-state index is 5.61. The molecular weight excluding hydrogens is 284 g/mol. The van der Waals surface area contributed by atoms with E-state index in [0.29, 0.717) is 5.05 Å². The van der Waals surface area contributed by atoms with Crippen molar-refractivity contribution >= 4 is 33.2 Å². The molecule has 1 aromatic carbocycles. The lowest BCUT2D eigenvalue weighted by atomic mass is 10.1. The van der Waals surface area contributed by atoms with Crippen LogP contribution in [0.2, 0.25) is 0 Å². The number of rotatable bonds is 3. The number of hydrogen-bond donors (Lipinski definition) is 0. The highest BCUT2D eigenvalue weighted by atomic mass is 79.9. The van der Waals surface area contributed by atoms with Crippen LogP contribution in [0.25, 0.3) is 0 Å². The molecule has 0 aliphatic heterocycles. The second-order valence-corrected chi connectivity index (χ2v) is 6.08. The third kappa shape index (κ3) is 5.61. The van der Waals surface area contributed by atoms with Crippen LogP contribution < -0.4 is 0 Å². The predicted molar refractivity (Wildman–Crippen MR) is 75.9 cm³/mol. The Morgan fingerprint density at radius 1 is 1.25 bits per heavy atom.